The lowest BCUT2D eigenvalue weighted by Crippen LogP contribution is -2.49. The van der Waals surface area contributed by atoms with E-state index in [-0.39, 0.29) is 24.1 Å². The SMILES string of the molecule is CCCCCC[C@@H](C)/C=C(C)/C=C/C(=O)NC1=C(O)OC2(C1)[C@@H]1O[C@@H]1C(=O)[C@@H]1O[C@@H]12. The van der Waals surface area contributed by atoms with Crippen molar-refractivity contribution in [3.05, 3.63) is 35.4 Å². The molecule has 4 aliphatic rings. The fourth-order valence-electron chi connectivity index (χ4n) is 4.65. The number of fused-ring (bicyclic) bond motifs is 4. The number of nitrogens with one attached hydrogen (secondary N) is 1. The Hall–Kier alpha value is -2.12. The molecule has 0 aromatic carbocycles. The average molecular weight is 418 g/mol. The molecule has 2 N–H and O–H groups in total. The molecule has 30 heavy (non-hydrogen) atoms. The van der Waals surface area contributed by atoms with Crippen molar-refractivity contribution in [2.75, 3.05) is 0 Å². The van der Waals surface area contributed by atoms with Crippen molar-refractivity contribution in [3.63, 3.8) is 0 Å². The van der Waals surface area contributed by atoms with Crippen LogP contribution in [0.3, 0.4) is 0 Å². The van der Waals surface area contributed by atoms with Gasteiger partial charge in [0.05, 0.1) is 0 Å². The van der Waals surface area contributed by atoms with Crippen molar-refractivity contribution >= 4 is 11.7 Å². The lowest BCUT2D eigenvalue weighted by atomic mass is 9.81. The minimum Gasteiger partial charge on any atom is -0.480 e. The van der Waals surface area contributed by atoms with Crippen LogP contribution in [-0.4, -0.2) is 46.8 Å². The van der Waals surface area contributed by atoms with E-state index in [1.165, 1.54) is 31.8 Å². The number of allylic oxidation sites excluding steroid dienone is 3. The molecule has 6 atom stereocenters. The summed E-state index contributed by atoms with van der Waals surface area (Å²) < 4.78 is 16.6. The molecule has 0 radical (unpaired) electrons. The molecule has 1 unspecified atom stereocenters. The minimum atomic E-state index is -0.914. The Kier molecular flexibility index (Phi) is 5.77. The van der Waals surface area contributed by atoms with Crippen LogP contribution in [0.1, 0.15) is 59.3 Å². The van der Waals surface area contributed by atoms with Crippen molar-refractivity contribution in [2.24, 2.45) is 5.92 Å². The van der Waals surface area contributed by atoms with Crippen LogP contribution in [0, 0.1) is 5.92 Å². The summed E-state index contributed by atoms with van der Waals surface area (Å²) in [5.41, 5.74) is 0.413. The predicted octanol–water partition coefficient (Wildman–Crippen LogP) is 3.22. The van der Waals surface area contributed by atoms with Crippen molar-refractivity contribution in [2.45, 2.75) is 89.3 Å². The van der Waals surface area contributed by atoms with Crippen molar-refractivity contribution in [1.29, 1.82) is 0 Å². The first kappa shape index (κ1) is 21.1. The number of Topliss-reactive ketones (excluding diaryl/α,β-unsaturated/α-hetero) is 1. The number of carbonyl (C=O) groups excluding carboxylic acids is 2. The maximum Gasteiger partial charge on any atom is 0.298 e. The van der Waals surface area contributed by atoms with E-state index in [4.69, 9.17) is 14.2 Å². The number of carbonyl (C=O) groups is 2. The van der Waals surface area contributed by atoms with E-state index >= 15 is 0 Å². The Labute approximate surface area is 177 Å². The maximum absolute atomic E-state index is 12.3. The molecule has 0 bridgehead atoms. The summed E-state index contributed by atoms with van der Waals surface area (Å²) in [5, 5.41) is 12.9. The van der Waals surface area contributed by atoms with Crippen LogP contribution in [0.2, 0.25) is 0 Å². The van der Waals surface area contributed by atoms with Gasteiger partial charge in [-0.2, -0.15) is 0 Å². The van der Waals surface area contributed by atoms with Crippen LogP contribution in [0.15, 0.2) is 35.4 Å². The molecule has 3 heterocycles. The van der Waals surface area contributed by atoms with Gasteiger partial charge in [0.2, 0.25) is 5.91 Å². The first-order valence-corrected chi connectivity index (χ1v) is 11.0. The first-order chi connectivity index (χ1) is 14.4. The third-order valence-electron chi connectivity index (χ3n) is 6.34. The molecule has 1 spiro atoms. The van der Waals surface area contributed by atoms with E-state index in [9.17, 15) is 14.7 Å². The second kappa shape index (κ2) is 8.19. The smallest absolute Gasteiger partial charge is 0.298 e. The number of ether oxygens (including phenoxy) is 3. The number of ketones is 1. The van der Waals surface area contributed by atoms with Gasteiger partial charge >= 0.3 is 0 Å². The molecule has 2 saturated heterocycles. The number of hydrogen-bond acceptors (Lipinski definition) is 6. The zero-order valence-electron chi connectivity index (χ0n) is 17.8. The van der Waals surface area contributed by atoms with Crippen molar-refractivity contribution < 1.29 is 28.9 Å². The van der Waals surface area contributed by atoms with Crippen LogP contribution in [-0.2, 0) is 23.8 Å². The number of amides is 1. The largest absolute Gasteiger partial charge is 0.480 e. The molecule has 0 aromatic rings. The maximum atomic E-state index is 12.3. The summed E-state index contributed by atoms with van der Waals surface area (Å²) in [6.45, 7) is 6.38. The second-order valence-corrected chi connectivity index (χ2v) is 8.93. The van der Waals surface area contributed by atoms with Crippen molar-refractivity contribution in [1.82, 2.24) is 5.32 Å². The molecule has 3 aliphatic heterocycles. The van der Waals surface area contributed by atoms with Gasteiger partial charge in [-0.25, -0.2) is 0 Å². The zero-order valence-corrected chi connectivity index (χ0v) is 17.8. The summed E-state index contributed by atoms with van der Waals surface area (Å²) in [5.74, 6) is -0.256. The molecule has 3 fully saturated rings. The molecular weight excluding hydrogens is 386 g/mol. The Morgan fingerprint density at radius 2 is 1.93 bits per heavy atom. The molecule has 7 heteroatoms. The van der Waals surface area contributed by atoms with E-state index in [1.54, 1.807) is 6.08 Å². The normalized spacial score (nSPS) is 35.3. The summed E-state index contributed by atoms with van der Waals surface area (Å²) in [7, 11) is 0. The monoisotopic (exact) mass is 417 g/mol. The molecule has 1 saturated carbocycles. The minimum absolute atomic E-state index is 0.0546. The number of aliphatic hydroxyl groups excluding tert-OH is 1. The quantitative estimate of drug-likeness (QED) is 0.259. The molecular formula is C23H31NO6. The highest BCUT2D eigenvalue weighted by Crippen LogP contribution is 2.57. The fourth-order valence-corrected chi connectivity index (χ4v) is 4.65. The van der Waals surface area contributed by atoms with Gasteiger partial charge < -0.3 is 24.6 Å². The van der Waals surface area contributed by atoms with Crippen LogP contribution in [0.4, 0.5) is 0 Å². The Balaban J connectivity index is 1.28. The summed E-state index contributed by atoms with van der Waals surface area (Å²) in [6.07, 6.45) is 9.92. The number of epoxide rings is 2. The van der Waals surface area contributed by atoms with Crippen LogP contribution < -0.4 is 5.32 Å². The Morgan fingerprint density at radius 1 is 1.23 bits per heavy atom. The second-order valence-electron chi connectivity index (χ2n) is 8.93. The number of unbranched alkanes of at least 4 members (excludes halogenated alkanes) is 3. The predicted molar refractivity (Wildman–Crippen MR) is 109 cm³/mol. The van der Waals surface area contributed by atoms with Gasteiger partial charge in [-0.3, -0.25) is 9.59 Å². The van der Waals surface area contributed by atoms with E-state index in [0.29, 0.717) is 11.6 Å². The van der Waals surface area contributed by atoms with Crippen LogP contribution >= 0.6 is 0 Å². The van der Waals surface area contributed by atoms with Gasteiger partial charge in [-0.1, -0.05) is 57.3 Å². The molecule has 0 aromatic heterocycles. The number of hydrogen-bond donors (Lipinski definition) is 2. The van der Waals surface area contributed by atoms with Gasteiger partial charge in [-0.05, 0) is 19.3 Å². The highest BCUT2D eigenvalue weighted by molar-refractivity contribution is 5.95. The van der Waals surface area contributed by atoms with Gasteiger partial charge in [0.1, 0.15) is 30.1 Å². The number of rotatable bonds is 9. The van der Waals surface area contributed by atoms with Gasteiger partial charge in [-0.15, -0.1) is 0 Å². The van der Waals surface area contributed by atoms with Crippen molar-refractivity contribution in [3.8, 4) is 0 Å². The van der Waals surface area contributed by atoms with E-state index in [1.807, 2.05) is 6.92 Å². The van der Waals surface area contributed by atoms with Gasteiger partial charge in [0.25, 0.3) is 5.95 Å². The summed E-state index contributed by atoms with van der Waals surface area (Å²) in [4.78, 5) is 24.3. The third-order valence-corrected chi connectivity index (χ3v) is 6.34. The molecule has 1 amide bonds. The van der Waals surface area contributed by atoms with Crippen LogP contribution in [0.5, 0.6) is 0 Å². The van der Waals surface area contributed by atoms with E-state index in [2.05, 4.69) is 25.2 Å². The van der Waals surface area contributed by atoms with Gasteiger partial charge in [0, 0.05) is 12.5 Å². The summed E-state index contributed by atoms with van der Waals surface area (Å²) in [6, 6.07) is 0. The summed E-state index contributed by atoms with van der Waals surface area (Å²) >= 11 is 0. The lowest BCUT2D eigenvalue weighted by Gasteiger charge is -2.26. The van der Waals surface area contributed by atoms with Crippen LogP contribution in [0.25, 0.3) is 0 Å². The lowest BCUT2D eigenvalue weighted by molar-refractivity contribution is -0.122. The van der Waals surface area contributed by atoms with E-state index < -0.39 is 30.0 Å². The molecule has 4 rings (SSSR count). The molecule has 164 valence electrons. The topological polar surface area (TPSA) is 101 Å². The first-order valence-electron chi connectivity index (χ1n) is 11.0. The highest BCUT2D eigenvalue weighted by Gasteiger charge is 2.79. The zero-order chi connectivity index (χ0) is 21.5. The third kappa shape index (κ3) is 4.05. The highest BCUT2D eigenvalue weighted by atomic mass is 16.7. The molecule has 7 nitrogen and oxygen atoms in total. The Morgan fingerprint density at radius 3 is 2.60 bits per heavy atom. The van der Waals surface area contributed by atoms with Gasteiger partial charge in [0.15, 0.2) is 11.4 Å². The van der Waals surface area contributed by atoms with E-state index in [0.717, 1.165) is 12.0 Å². The Bertz CT molecular complexity index is 793. The molecule has 1 aliphatic carbocycles. The average Bonchev–Trinajstić information content (AvgIpc) is 3.60. The number of aliphatic hydroxyl groups is 1. The standard InChI is InChI=1S/C23H31NO6/c1-4-5-6-7-8-13(2)11-14(3)9-10-16(25)24-15-12-23(30-22(15)27)20-18(28-20)17(26)19-21(23)29-19/h9-11,13,18-21,27H,4-8,12H2,1-3H3,(H,24,25)/b10-9+,14-11+/t13-,18-,19+,20-,21+,23?/m1/s1. The fraction of sp³-hybridized carbons (Fsp3) is 0.652.